The number of aryl methyl sites for hydroxylation is 1. The van der Waals surface area contributed by atoms with Gasteiger partial charge in [-0.15, -0.1) is 0 Å². The topological polar surface area (TPSA) is 82.6 Å². The molecule has 0 bridgehead atoms. The molecule has 3 N–H and O–H groups in total. The molecule has 0 saturated heterocycles. The van der Waals surface area contributed by atoms with Crippen molar-refractivity contribution < 1.29 is 12.8 Å². The summed E-state index contributed by atoms with van der Waals surface area (Å²) in [6.45, 7) is 5.32. The van der Waals surface area contributed by atoms with E-state index in [2.05, 4.69) is 20.3 Å². The van der Waals surface area contributed by atoms with E-state index in [1.54, 1.807) is 43.3 Å². The van der Waals surface area contributed by atoms with Crippen LogP contribution in [0.25, 0.3) is 0 Å². The van der Waals surface area contributed by atoms with Gasteiger partial charge >= 0.3 is 0 Å². The number of nitrogens with one attached hydrogen (secondary N) is 3. The fourth-order valence-electron chi connectivity index (χ4n) is 2.41. The summed E-state index contributed by atoms with van der Waals surface area (Å²) in [4.78, 5) is 4.73. The van der Waals surface area contributed by atoms with E-state index >= 15 is 0 Å². The minimum absolute atomic E-state index is 0.223. The van der Waals surface area contributed by atoms with Crippen LogP contribution in [0.1, 0.15) is 23.6 Å². The lowest BCUT2D eigenvalue weighted by Crippen LogP contribution is -2.36. The van der Waals surface area contributed by atoms with Gasteiger partial charge in [-0.2, -0.15) is 0 Å². The lowest BCUT2D eigenvalue weighted by atomic mass is 10.1. The number of nitrogens with zero attached hydrogens (tertiary/aromatic N) is 1. The maximum atomic E-state index is 13.3. The first-order chi connectivity index (χ1) is 12.9. The highest BCUT2D eigenvalue weighted by molar-refractivity contribution is 7.89. The van der Waals surface area contributed by atoms with Crippen LogP contribution in [-0.2, 0) is 23.1 Å². The minimum Gasteiger partial charge on any atom is -0.357 e. The molecule has 0 aromatic heterocycles. The van der Waals surface area contributed by atoms with Crippen LogP contribution in [0.3, 0.4) is 0 Å². The molecule has 0 unspecified atom stereocenters. The van der Waals surface area contributed by atoms with Gasteiger partial charge in [0.1, 0.15) is 5.82 Å². The molecule has 0 spiro atoms. The third-order valence-electron chi connectivity index (χ3n) is 3.95. The van der Waals surface area contributed by atoms with Crippen LogP contribution >= 0.6 is 0 Å². The number of sulfonamides is 1. The minimum atomic E-state index is -3.43. The Labute approximate surface area is 160 Å². The van der Waals surface area contributed by atoms with Crippen molar-refractivity contribution >= 4 is 16.0 Å². The predicted octanol–water partition coefficient (Wildman–Crippen LogP) is 2.30. The second-order valence-electron chi connectivity index (χ2n) is 5.98. The van der Waals surface area contributed by atoms with Crippen LogP contribution < -0.4 is 15.4 Å². The van der Waals surface area contributed by atoms with E-state index in [1.165, 1.54) is 13.1 Å². The normalized spacial score (nSPS) is 12.1. The number of aliphatic imine (C=N–C) groups is 1. The van der Waals surface area contributed by atoms with Crippen molar-refractivity contribution in [2.45, 2.75) is 31.8 Å². The van der Waals surface area contributed by atoms with Gasteiger partial charge in [0.25, 0.3) is 0 Å². The van der Waals surface area contributed by atoms with Crippen molar-refractivity contribution in [1.29, 1.82) is 0 Å². The van der Waals surface area contributed by atoms with Crippen LogP contribution in [0.4, 0.5) is 4.39 Å². The number of hydrogen-bond donors (Lipinski definition) is 3. The van der Waals surface area contributed by atoms with Gasteiger partial charge in [0.15, 0.2) is 5.96 Å². The number of guanidine groups is 1. The highest BCUT2D eigenvalue weighted by atomic mass is 32.2. The predicted molar refractivity (Wildman–Crippen MR) is 105 cm³/mol. The zero-order chi connectivity index (χ0) is 19.9. The maximum absolute atomic E-state index is 13.3. The lowest BCUT2D eigenvalue weighted by Gasteiger charge is -2.12. The maximum Gasteiger partial charge on any atom is 0.240 e. The van der Waals surface area contributed by atoms with Gasteiger partial charge in [0.05, 0.1) is 11.4 Å². The number of benzene rings is 2. The molecule has 2 aromatic carbocycles. The van der Waals surface area contributed by atoms with Crippen molar-refractivity contribution in [2.75, 3.05) is 13.6 Å². The van der Waals surface area contributed by atoms with Crippen molar-refractivity contribution in [1.82, 2.24) is 15.4 Å². The number of rotatable bonds is 7. The van der Waals surface area contributed by atoms with Crippen LogP contribution in [0.5, 0.6) is 0 Å². The Bertz CT molecular complexity index is 896. The molecule has 8 heteroatoms. The van der Waals surface area contributed by atoms with Crippen molar-refractivity contribution in [3.63, 3.8) is 0 Å². The molecule has 0 aliphatic heterocycles. The van der Waals surface area contributed by atoms with E-state index in [0.29, 0.717) is 31.2 Å². The van der Waals surface area contributed by atoms with Crippen molar-refractivity contribution in [3.05, 3.63) is 65.0 Å². The van der Waals surface area contributed by atoms with E-state index in [-0.39, 0.29) is 10.7 Å². The standard InChI is InChI=1S/C19H25FN4O2S/c1-4-22-19(24-13-16-7-10-18(20)14(2)11-16)23-12-15-5-8-17(9-6-15)27(25,26)21-3/h5-11,21H,4,12-13H2,1-3H3,(H2,22,23,24). The molecule has 2 aromatic rings. The Kier molecular flexibility index (Phi) is 7.32. The number of halogens is 1. The fourth-order valence-corrected chi connectivity index (χ4v) is 3.14. The summed E-state index contributed by atoms with van der Waals surface area (Å²) in [7, 11) is -2.05. The fraction of sp³-hybridized carbons (Fsp3) is 0.316. The number of hydrogen-bond acceptors (Lipinski definition) is 3. The van der Waals surface area contributed by atoms with E-state index in [1.807, 2.05) is 6.92 Å². The van der Waals surface area contributed by atoms with Crippen LogP contribution in [0.15, 0.2) is 52.4 Å². The molecule has 0 amide bonds. The van der Waals surface area contributed by atoms with E-state index in [9.17, 15) is 12.8 Å². The summed E-state index contributed by atoms with van der Waals surface area (Å²) in [5.41, 5.74) is 2.44. The van der Waals surface area contributed by atoms with Gasteiger partial charge in [-0.1, -0.05) is 24.3 Å². The zero-order valence-corrected chi connectivity index (χ0v) is 16.5. The highest BCUT2D eigenvalue weighted by Gasteiger charge is 2.10. The largest absolute Gasteiger partial charge is 0.357 e. The SMILES string of the molecule is CCNC(=NCc1ccc(F)c(C)c1)NCc1ccc(S(=O)(=O)NC)cc1. The first-order valence-electron chi connectivity index (χ1n) is 8.65. The van der Waals surface area contributed by atoms with E-state index in [0.717, 1.165) is 11.1 Å². The van der Waals surface area contributed by atoms with E-state index < -0.39 is 10.0 Å². The summed E-state index contributed by atoms with van der Waals surface area (Å²) in [6.07, 6.45) is 0. The average Bonchev–Trinajstić information content (AvgIpc) is 2.67. The summed E-state index contributed by atoms with van der Waals surface area (Å²) < 4.78 is 39.1. The van der Waals surface area contributed by atoms with Gasteiger partial charge in [0.2, 0.25) is 10.0 Å². The summed E-state index contributed by atoms with van der Waals surface area (Å²) >= 11 is 0. The molecular weight excluding hydrogens is 367 g/mol. The van der Waals surface area contributed by atoms with Crippen molar-refractivity contribution in [3.8, 4) is 0 Å². The Hall–Kier alpha value is -2.45. The Morgan fingerprint density at radius 1 is 1.07 bits per heavy atom. The molecule has 27 heavy (non-hydrogen) atoms. The lowest BCUT2D eigenvalue weighted by molar-refractivity contribution is 0.588. The molecule has 0 aliphatic rings. The first kappa shape index (κ1) is 20.9. The zero-order valence-electron chi connectivity index (χ0n) is 15.7. The van der Waals surface area contributed by atoms with Gasteiger partial charge in [-0.05, 0) is 55.8 Å². The van der Waals surface area contributed by atoms with Gasteiger partial charge in [-0.3, -0.25) is 0 Å². The molecule has 6 nitrogen and oxygen atoms in total. The molecule has 0 saturated carbocycles. The average molecular weight is 393 g/mol. The molecule has 146 valence electrons. The molecule has 0 fully saturated rings. The monoisotopic (exact) mass is 392 g/mol. The molecule has 0 heterocycles. The Morgan fingerprint density at radius 3 is 2.33 bits per heavy atom. The summed E-state index contributed by atoms with van der Waals surface area (Å²) in [5.74, 6) is 0.405. The highest BCUT2D eigenvalue weighted by Crippen LogP contribution is 2.11. The van der Waals surface area contributed by atoms with Gasteiger partial charge in [-0.25, -0.2) is 22.5 Å². The smallest absolute Gasteiger partial charge is 0.240 e. The van der Waals surface area contributed by atoms with Gasteiger partial charge in [0, 0.05) is 13.1 Å². The molecule has 0 radical (unpaired) electrons. The second-order valence-corrected chi connectivity index (χ2v) is 7.87. The summed E-state index contributed by atoms with van der Waals surface area (Å²) in [6, 6.07) is 11.6. The first-order valence-corrected chi connectivity index (χ1v) is 10.1. The van der Waals surface area contributed by atoms with Crippen LogP contribution in [-0.4, -0.2) is 28.0 Å². The van der Waals surface area contributed by atoms with Crippen molar-refractivity contribution in [2.24, 2.45) is 4.99 Å². The third-order valence-corrected chi connectivity index (χ3v) is 5.38. The molecule has 0 aliphatic carbocycles. The van der Waals surface area contributed by atoms with Crippen LogP contribution in [0.2, 0.25) is 0 Å². The quantitative estimate of drug-likeness (QED) is 0.499. The second kappa shape index (κ2) is 9.48. The van der Waals surface area contributed by atoms with Gasteiger partial charge < -0.3 is 10.6 Å². The third kappa shape index (κ3) is 6.04. The Morgan fingerprint density at radius 2 is 1.74 bits per heavy atom. The van der Waals surface area contributed by atoms with Crippen LogP contribution in [0, 0.1) is 12.7 Å². The Balaban J connectivity index is 2.02. The van der Waals surface area contributed by atoms with E-state index in [4.69, 9.17) is 0 Å². The summed E-state index contributed by atoms with van der Waals surface area (Å²) in [5, 5.41) is 6.36. The molecule has 2 rings (SSSR count). The molecular formula is C19H25FN4O2S. The molecule has 0 atom stereocenters.